The Kier molecular flexibility index (Phi) is 4.04. The predicted molar refractivity (Wildman–Crippen MR) is 54.9 cm³/mol. The van der Waals surface area contributed by atoms with Crippen molar-refractivity contribution in [1.82, 2.24) is 4.90 Å². The Labute approximate surface area is 85.2 Å². The van der Waals surface area contributed by atoms with Gasteiger partial charge in [0, 0.05) is 13.1 Å². The van der Waals surface area contributed by atoms with Crippen LogP contribution in [-0.4, -0.2) is 29.3 Å². The second-order valence-electron chi connectivity index (χ2n) is 3.84. The van der Waals surface area contributed by atoms with Crippen molar-refractivity contribution >= 4 is 17.5 Å². The molecule has 0 spiro atoms. The molecule has 76 valence electrons. The Balaban J connectivity index is 2.39. The molecule has 3 heteroatoms. The molecule has 1 aliphatic carbocycles. The smallest absolute Gasteiger partial charge is 0.240 e. The molecule has 1 fully saturated rings. The van der Waals surface area contributed by atoms with Gasteiger partial charge < -0.3 is 4.90 Å². The van der Waals surface area contributed by atoms with E-state index in [9.17, 15) is 4.79 Å². The quantitative estimate of drug-likeness (QED) is 0.628. The molecule has 0 N–H and O–H groups in total. The van der Waals surface area contributed by atoms with Crippen molar-refractivity contribution in [2.75, 3.05) is 13.1 Å². The van der Waals surface area contributed by atoms with Crippen LogP contribution in [0.4, 0.5) is 0 Å². The van der Waals surface area contributed by atoms with Gasteiger partial charge in [-0.1, -0.05) is 6.92 Å². The molecule has 0 bridgehead atoms. The molecular weight excluding hydrogens is 186 g/mol. The molecule has 0 saturated heterocycles. The summed E-state index contributed by atoms with van der Waals surface area (Å²) in [5.74, 6) is 0.848. The van der Waals surface area contributed by atoms with Gasteiger partial charge in [-0.3, -0.25) is 4.79 Å². The van der Waals surface area contributed by atoms with E-state index in [2.05, 4.69) is 6.92 Å². The standard InChI is InChI=1S/C10H18ClNO/c1-3-6-12(7-9-4-5-9)10(13)8(2)11/h8-9H,3-7H2,1-2H3. The number of carbonyl (C=O) groups excluding carboxylic acids is 1. The Morgan fingerprint density at radius 1 is 1.62 bits per heavy atom. The fraction of sp³-hybridized carbons (Fsp3) is 0.900. The summed E-state index contributed by atoms with van der Waals surface area (Å²) >= 11 is 5.77. The highest BCUT2D eigenvalue weighted by molar-refractivity contribution is 6.30. The molecule has 0 heterocycles. The number of alkyl halides is 1. The minimum Gasteiger partial charge on any atom is -0.341 e. The molecule has 2 nitrogen and oxygen atoms in total. The maximum Gasteiger partial charge on any atom is 0.240 e. The third-order valence-corrected chi connectivity index (χ3v) is 2.51. The molecule has 1 atom stereocenters. The molecule has 1 unspecified atom stereocenters. The molecule has 1 aliphatic rings. The molecule has 0 aromatic rings. The van der Waals surface area contributed by atoms with Gasteiger partial charge >= 0.3 is 0 Å². The van der Waals surface area contributed by atoms with Crippen LogP contribution >= 0.6 is 11.6 Å². The second kappa shape index (κ2) is 4.85. The zero-order valence-electron chi connectivity index (χ0n) is 8.42. The van der Waals surface area contributed by atoms with Crippen molar-refractivity contribution in [2.24, 2.45) is 5.92 Å². The molecule has 0 radical (unpaired) electrons. The first-order valence-corrected chi connectivity index (χ1v) is 5.51. The lowest BCUT2D eigenvalue weighted by Crippen LogP contribution is -2.37. The molecule has 0 aromatic carbocycles. The summed E-state index contributed by atoms with van der Waals surface area (Å²) in [7, 11) is 0. The summed E-state index contributed by atoms with van der Waals surface area (Å²) in [6.45, 7) is 5.61. The van der Waals surface area contributed by atoms with E-state index in [1.165, 1.54) is 12.8 Å². The summed E-state index contributed by atoms with van der Waals surface area (Å²) in [6, 6.07) is 0. The lowest BCUT2D eigenvalue weighted by Gasteiger charge is -2.23. The Morgan fingerprint density at radius 2 is 2.23 bits per heavy atom. The fourth-order valence-electron chi connectivity index (χ4n) is 1.43. The number of halogens is 1. The average Bonchev–Trinajstić information content (AvgIpc) is 2.86. The number of amides is 1. The van der Waals surface area contributed by atoms with Crippen molar-refractivity contribution < 1.29 is 4.79 Å². The van der Waals surface area contributed by atoms with Crippen molar-refractivity contribution in [1.29, 1.82) is 0 Å². The van der Waals surface area contributed by atoms with Crippen LogP contribution in [-0.2, 0) is 4.79 Å². The normalized spacial score (nSPS) is 18.4. The molecule has 1 rings (SSSR count). The van der Waals surface area contributed by atoms with E-state index in [1.807, 2.05) is 4.90 Å². The van der Waals surface area contributed by atoms with Gasteiger partial charge in [-0.25, -0.2) is 0 Å². The SMILES string of the molecule is CCCN(CC1CC1)C(=O)C(C)Cl. The van der Waals surface area contributed by atoms with E-state index in [1.54, 1.807) is 6.92 Å². The minimum atomic E-state index is -0.370. The fourth-order valence-corrected chi connectivity index (χ4v) is 1.56. The monoisotopic (exact) mass is 203 g/mol. The molecular formula is C10H18ClNO. The average molecular weight is 204 g/mol. The van der Waals surface area contributed by atoms with Gasteiger partial charge in [0.25, 0.3) is 0 Å². The molecule has 1 saturated carbocycles. The maximum absolute atomic E-state index is 11.6. The maximum atomic E-state index is 11.6. The van der Waals surface area contributed by atoms with Crippen molar-refractivity contribution in [3.8, 4) is 0 Å². The summed E-state index contributed by atoms with van der Waals surface area (Å²) < 4.78 is 0. The molecule has 0 aromatic heterocycles. The van der Waals surface area contributed by atoms with Crippen LogP contribution in [0.2, 0.25) is 0 Å². The summed E-state index contributed by atoms with van der Waals surface area (Å²) in [5, 5.41) is -0.370. The number of hydrogen-bond donors (Lipinski definition) is 0. The third kappa shape index (κ3) is 3.55. The topological polar surface area (TPSA) is 20.3 Å². The van der Waals surface area contributed by atoms with Gasteiger partial charge in [0.15, 0.2) is 0 Å². The highest BCUT2D eigenvalue weighted by Crippen LogP contribution is 2.30. The highest BCUT2D eigenvalue weighted by atomic mass is 35.5. The zero-order chi connectivity index (χ0) is 9.84. The number of carbonyl (C=O) groups is 1. The van der Waals surface area contributed by atoms with E-state index < -0.39 is 0 Å². The van der Waals surface area contributed by atoms with Gasteiger partial charge in [0.2, 0.25) is 5.91 Å². The largest absolute Gasteiger partial charge is 0.341 e. The molecule has 13 heavy (non-hydrogen) atoms. The highest BCUT2D eigenvalue weighted by Gasteiger charge is 2.27. The van der Waals surface area contributed by atoms with Crippen LogP contribution in [0.25, 0.3) is 0 Å². The van der Waals surface area contributed by atoms with Crippen molar-refractivity contribution in [3.05, 3.63) is 0 Å². The van der Waals surface area contributed by atoms with E-state index in [-0.39, 0.29) is 11.3 Å². The van der Waals surface area contributed by atoms with Gasteiger partial charge in [-0.2, -0.15) is 0 Å². The Morgan fingerprint density at radius 3 is 2.62 bits per heavy atom. The van der Waals surface area contributed by atoms with Crippen LogP contribution in [0.1, 0.15) is 33.1 Å². The summed E-state index contributed by atoms with van der Waals surface area (Å²) in [6.07, 6.45) is 3.58. The van der Waals surface area contributed by atoms with Gasteiger partial charge in [-0.15, -0.1) is 11.6 Å². The lowest BCUT2D eigenvalue weighted by atomic mass is 10.3. The number of hydrogen-bond acceptors (Lipinski definition) is 1. The van der Waals surface area contributed by atoms with E-state index >= 15 is 0 Å². The molecule has 1 amide bonds. The van der Waals surface area contributed by atoms with Crippen molar-refractivity contribution in [2.45, 2.75) is 38.5 Å². The first-order chi connectivity index (χ1) is 6.15. The third-order valence-electron chi connectivity index (χ3n) is 2.32. The van der Waals surface area contributed by atoms with E-state index in [4.69, 9.17) is 11.6 Å². The van der Waals surface area contributed by atoms with Crippen molar-refractivity contribution in [3.63, 3.8) is 0 Å². The second-order valence-corrected chi connectivity index (χ2v) is 4.50. The number of rotatable bonds is 5. The van der Waals surface area contributed by atoms with Gasteiger partial charge in [0.05, 0.1) is 0 Å². The van der Waals surface area contributed by atoms with E-state index in [0.717, 1.165) is 25.4 Å². The summed E-state index contributed by atoms with van der Waals surface area (Å²) in [4.78, 5) is 13.5. The van der Waals surface area contributed by atoms with Gasteiger partial charge in [-0.05, 0) is 32.1 Å². The predicted octanol–water partition coefficient (Wildman–Crippen LogP) is 2.26. The summed E-state index contributed by atoms with van der Waals surface area (Å²) in [5.41, 5.74) is 0. The van der Waals surface area contributed by atoms with Crippen LogP contribution in [0, 0.1) is 5.92 Å². The van der Waals surface area contributed by atoms with Crippen LogP contribution in [0.15, 0.2) is 0 Å². The zero-order valence-corrected chi connectivity index (χ0v) is 9.18. The Bertz CT molecular complexity index is 178. The molecule has 0 aliphatic heterocycles. The number of nitrogens with zero attached hydrogens (tertiary/aromatic N) is 1. The first kappa shape index (κ1) is 10.8. The van der Waals surface area contributed by atoms with Gasteiger partial charge in [0.1, 0.15) is 5.38 Å². The minimum absolute atomic E-state index is 0.0930. The first-order valence-electron chi connectivity index (χ1n) is 5.08. The Hall–Kier alpha value is -0.240. The van der Waals surface area contributed by atoms with Crippen LogP contribution < -0.4 is 0 Å². The lowest BCUT2D eigenvalue weighted by molar-refractivity contribution is -0.130. The van der Waals surface area contributed by atoms with Crippen LogP contribution in [0.3, 0.4) is 0 Å². The van der Waals surface area contributed by atoms with Crippen LogP contribution in [0.5, 0.6) is 0 Å². The van der Waals surface area contributed by atoms with E-state index in [0.29, 0.717) is 0 Å².